The smallest absolute Gasteiger partial charge is 0.257 e. The average molecular weight is 364 g/mol. The molecule has 1 N–H and O–H groups in total. The monoisotopic (exact) mass is 364 g/mol. The lowest BCUT2D eigenvalue weighted by molar-refractivity contribution is 0.0674. The zero-order valence-corrected chi connectivity index (χ0v) is 16.2. The maximum absolute atomic E-state index is 12.5. The molecule has 0 saturated carbocycles. The van der Waals surface area contributed by atoms with E-state index in [4.69, 9.17) is 4.42 Å². The van der Waals surface area contributed by atoms with Gasteiger partial charge in [0.2, 0.25) is 0 Å². The number of hydrogen-bond donors (Lipinski definition) is 1. The summed E-state index contributed by atoms with van der Waals surface area (Å²) in [6.07, 6.45) is 7.34. The minimum absolute atomic E-state index is 0.0636. The predicted molar refractivity (Wildman–Crippen MR) is 109 cm³/mol. The van der Waals surface area contributed by atoms with Gasteiger partial charge >= 0.3 is 0 Å². The summed E-state index contributed by atoms with van der Waals surface area (Å²) in [6.45, 7) is 10.8. The van der Waals surface area contributed by atoms with Crippen molar-refractivity contribution in [1.82, 2.24) is 10.2 Å². The van der Waals surface area contributed by atoms with Crippen LogP contribution >= 0.6 is 0 Å². The van der Waals surface area contributed by atoms with Crippen LogP contribution in [0.1, 0.15) is 41.3 Å². The Bertz CT molecular complexity index is 821. The van der Waals surface area contributed by atoms with Gasteiger partial charge in [-0.1, -0.05) is 30.8 Å². The molecule has 1 amide bonds. The number of amides is 1. The number of carbonyl (C=O) groups excluding carboxylic acids is 1. The van der Waals surface area contributed by atoms with Gasteiger partial charge in [0.25, 0.3) is 5.91 Å². The third-order valence-electron chi connectivity index (χ3n) is 5.13. The van der Waals surface area contributed by atoms with E-state index < -0.39 is 0 Å². The maximum Gasteiger partial charge on any atom is 0.257 e. The average Bonchev–Trinajstić information content (AvgIpc) is 3.21. The summed E-state index contributed by atoms with van der Waals surface area (Å²) in [6, 6.07) is 10.0. The highest BCUT2D eigenvalue weighted by molar-refractivity contribution is 5.93. The summed E-state index contributed by atoms with van der Waals surface area (Å²) in [5.41, 5.74) is 5.15. The predicted octanol–water partition coefficient (Wildman–Crippen LogP) is 4.65. The molecule has 4 heteroatoms. The van der Waals surface area contributed by atoms with Crippen molar-refractivity contribution in [1.29, 1.82) is 0 Å². The van der Waals surface area contributed by atoms with Crippen LogP contribution in [0.4, 0.5) is 0 Å². The molecule has 1 atom stereocenters. The number of hydrogen-bond acceptors (Lipinski definition) is 3. The zero-order chi connectivity index (χ0) is 19.2. The van der Waals surface area contributed by atoms with Gasteiger partial charge in [-0.15, -0.1) is 0 Å². The fraction of sp³-hybridized carbons (Fsp3) is 0.348. The van der Waals surface area contributed by atoms with Crippen molar-refractivity contribution in [2.75, 3.05) is 19.6 Å². The molecular weight excluding hydrogens is 336 g/mol. The number of likely N-dealkylation sites (tertiary alicyclic amines) is 1. The molecule has 1 fully saturated rings. The van der Waals surface area contributed by atoms with Crippen molar-refractivity contribution >= 4 is 11.5 Å². The molecule has 2 aromatic rings. The summed E-state index contributed by atoms with van der Waals surface area (Å²) in [4.78, 5) is 14.4. The Morgan fingerprint density at radius 2 is 2.19 bits per heavy atom. The van der Waals surface area contributed by atoms with Crippen LogP contribution in [-0.2, 0) is 0 Å². The second-order valence-electron chi connectivity index (χ2n) is 7.32. The maximum atomic E-state index is 12.5. The van der Waals surface area contributed by atoms with E-state index >= 15 is 0 Å². The molecule has 1 unspecified atom stereocenters. The second-order valence-corrected chi connectivity index (χ2v) is 7.32. The summed E-state index contributed by atoms with van der Waals surface area (Å²) >= 11 is 0. The molecule has 27 heavy (non-hydrogen) atoms. The third-order valence-corrected chi connectivity index (χ3v) is 5.13. The SMILES string of the molecule is C=C(/C=C(\C)NCC1CCCN(C(=O)c2ccoc2)C1)c1ccccc1C. The van der Waals surface area contributed by atoms with Gasteiger partial charge in [-0.05, 0) is 61.4 Å². The van der Waals surface area contributed by atoms with E-state index in [-0.39, 0.29) is 5.91 Å². The molecule has 1 aliphatic rings. The first-order chi connectivity index (χ1) is 13.0. The van der Waals surface area contributed by atoms with Crippen molar-refractivity contribution in [3.05, 3.63) is 77.9 Å². The molecule has 142 valence electrons. The molecule has 0 aliphatic carbocycles. The highest BCUT2D eigenvalue weighted by Gasteiger charge is 2.24. The summed E-state index contributed by atoms with van der Waals surface area (Å²) in [5, 5.41) is 3.51. The van der Waals surface area contributed by atoms with E-state index in [9.17, 15) is 4.79 Å². The molecule has 1 saturated heterocycles. The molecule has 1 aliphatic heterocycles. The van der Waals surface area contributed by atoms with E-state index in [1.807, 2.05) is 17.0 Å². The number of nitrogens with zero attached hydrogens (tertiary/aromatic N) is 1. The van der Waals surface area contributed by atoms with Gasteiger partial charge in [-0.25, -0.2) is 0 Å². The molecule has 4 nitrogen and oxygen atoms in total. The Balaban J connectivity index is 1.54. The molecular formula is C23H28N2O2. The van der Waals surface area contributed by atoms with Crippen molar-refractivity contribution in [3.63, 3.8) is 0 Å². The summed E-state index contributed by atoms with van der Waals surface area (Å²) < 4.78 is 5.04. The largest absolute Gasteiger partial charge is 0.472 e. The van der Waals surface area contributed by atoms with E-state index in [1.165, 1.54) is 17.4 Å². The van der Waals surface area contributed by atoms with Crippen molar-refractivity contribution in [2.24, 2.45) is 5.92 Å². The standard InChI is InChI=1S/C23H28N2O2/c1-17-7-4-5-9-22(17)18(2)13-19(3)24-14-20-8-6-11-25(15-20)23(26)21-10-12-27-16-21/h4-5,7,9-10,12-13,16,20,24H,2,6,8,11,14-15H2,1,3H3/b19-13+. The summed E-state index contributed by atoms with van der Waals surface area (Å²) in [5.74, 6) is 0.512. The van der Waals surface area contributed by atoms with Gasteiger partial charge in [0, 0.05) is 25.3 Å². The van der Waals surface area contributed by atoms with E-state index in [0.29, 0.717) is 11.5 Å². The van der Waals surface area contributed by atoms with Gasteiger partial charge in [0.15, 0.2) is 0 Å². The van der Waals surface area contributed by atoms with E-state index in [2.05, 4.69) is 44.0 Å². The quantitative estimate of drug-likeness (QED) is 0.759. The van der Waals surface area contributed by atoms with Crippen LogP contribution in [0.5, 0.6) is 0 Å². The van der Waals surface area contributed by atoms with Gasteiger partial charge in [0.05, 0.1) is 11.8 Å². The Morgan fingerprint density at radius 1 is 1.37 bits per heavy atom. The van der Waals surface area contributed by atoms with Gasteiger partial charge in [0.1, 0.15) is 6.26 Å². The Kier molecular flexibility index (Phi) is 6.17. The van der Waals surface area contributed by atoms with Crippen LogP contribution in [0, 0.1) is 12.8 Å². The van der Waals surface area contributed by atoms with Crippen LogP contribution in [0.2, 0.25) is 0 Å². The van der Waals surface area contributed by atoms with Crippen LogP contribution in [0.15, 0.2) is 65.6 Å². The van der Waals surface area contributed by atoms with E-state index in [1.54, 1.807) is 12.3 Å². The first-order valence-corrected chi connectivity index (χ1v) is 9.53. The minimum Gasteiger partial charge on any atom is -0.472 e. The normalized spacial score (nSPS) is 17.6. The third kappa shape index (κ3) is 4.91. The van der Waals surface area contributed by atoms with Gasteiger partial charge in [-0.2, -0.15) is 0 Å². The lowest BCUT2D eigenvalue weighted by atomic mass is 9.97. The molecule has 1 aromatic heterocycles. The zero-order valence-electron chi connectivity index (χ0n) is 16.2. The number of furan rings is 1. The Hall–Kier alpha value is -2.75. The van der Waals surface area contributed by atoms with Crippen molar-refractivity contribution < 1.29 is 9.21 Å². The highest BCUT2D eigenvalue weighted by Crippen LogP contribution is 2.20. The van der Waals surface area contributed by atoms with Crippen LogP contribution in [0.3, 0.4) is 0 Å². The lowest BCUT2D eigenvalue weighted by Gasteiger charge is -2.33. The number of benzene rings is 1. The van der Waals surface area contributed by atoms with Crippen molar-refractivity contribution in [2.45, 2.75) is 26.7 Å². The van der Waals surface area contributed by atoms with Crippen LogP contribution in [-0.4, -0.2) is 30.4 Å². The first kappa shape index (κ1) is 19.0. The minimum atomic E-state index is 0.0636. The first-order valence-electron chi connectivity index (χ1n) is 9.53. The van der Waals surface area contributed by atoms with Crippen molar-refractivity contribution in [3.8, 4) is 0 Å². The molecule has 0 radical (unpaired) electrons. The molecule has 2 heterocycles. The number of carbonyl (C=O) groups is 1. The highest BCUT2D eigenvalue weighted by atomic mass is 16.3. The molecule has 3 rings (SSSR count). The Labute approximate surface area is 161 Å². The van der Waals surface area contributed by atoms with Gasteiger partial charge in [-0.3, -0.25) is 4.79 Å². The second kappa shape index (κ2) is 8.76. The molecule has 0 spiro atoms. The topological polar surface area (TPSA) is 45.5 Å². The number of rotatable bonds is 6. The number of piperidine rings is 1. The number of nitrogens with one attached hydrogen (secondary N) is 1. The molecule has 1 aromatic carbocycles. The fourth-order valence-electron chi connectivity index (χ4n) is 3.61. The van der Waals surface area contributed by atoms with Crippen LogP contribution in [0.25, 0.3) is 5.57 Å². The van der Waals surface area contributed by atoms with Crippen LogP contribution < -0.4 is 5.32 Å². The molecule has 0 bridgehead atoms. The number of aryl methyl sites for hydroxylation is 1. The summed E-state index contributed by atoms with van der Waals surface area (Å²) in [7, 11) is 0. The Morgan fingerprint density at radius 3 is 2.93 bits per heavy atom. The van der Waals surface area contributed by atoms with E-state index in [0.717, 1.165) is 43.7 Å². The lowest BCUT2D eigenvalue weighted by Crippen LogP contribution is -2.42. The van der Waals surface area contributed by atoms with Gasteiger partial charge < -0.3 is 14.6 Å². The number of allylic oxidation sites excluding steroid dienone is 3. The fourth-order valence-corrected chi connectivity index (χ4v) is 3.61.